The van der Waals surface area contributed by atoms with E-state index in [2.05, 4.69) is 27.9 Å². The number of amides is 1. The van der Waals surface area contributed by atoms with Gasteiger partial charge in [-0.15, -0.1) is 24.0 Å². The van der Waals surface area contributed by atoms with Crippen LogP contribution in [0, 0.1) is 5.41 Å². The van der Waals surface area contributed by atoms with E-state index < -0.39 is 0 Å². The predicted molar refractivity (Wildman–Crippen MR) is 104 cm³/mol. The Morgan fingerprint density at radius 2 is 1.82 bits per heavy atom. The molecule has 1 aliphatic rings. The molecular formula is C16H33IN4O. The number of nitrogens with zero attached hydrogens (tertiary/aromatic N) is 1. The fourth-order valence-electron chi connectivity index (χ4n) is 2.55. The number of nitrogens with one attached hydrogen (secondary N) is 3. The molecule has 0 aromatic carbocycles. The van der Waals surface area contributed by atoms with Gasteiger partial charge in [0.1, 0.15) is 6.54 Å². The van der Waals surface area contributed by atoms with E-state index >= 15 is 0 Å². The Balaban J connectivity index is 0.00000441. The molecule has 5 nitrogen and oxygen atoms in total. The maximum atomic E-state index is 11.8. The van der Waals surface area contributed by atoms with Gasteiger partial charge in [-0.05, 0) is 52.4 Å². The Morgan fingerprint density at radius 3 is 2.23 bits per heavy atom. The van der Waals surface area contributed by atoms with Crippen molar-refractivity contribution < 1.29 is 4.79 Å². The van der Waals surface area contributed by atoms with Crippen molar-refractivity contribution in [1.29, 1.82) is 0 Å². The van der Waals surface area contributed by atoms with Gasteiger partial charge in [0.25, 0.3) is 0 Å². The highest BCUT2D eigenvalue weighted by Gasteiger charge is 2.34. The Labute approximate surface area is 152 Å². The topological polar surface area (TPSA) is 65.5 Å². The highest BCUT2D eigenvalue weighted by Crippen LogP contribution is 2.42. The van der Waals surface area contributed by atoms with Crippen molar-refractivity contribution in [2.45, 2.75) is 65.8 Å². The molecule has 3 N–H and O–H groups in total. The average molecular weight is 424 g/mol. The monoisotopic (exact) mass is 424 g/mol. The Hall–Kier alpha value is -0.530. The first kappa shape index (κ1) is 21.5. The van der Waals surface area contributed by atoms with E-state index in [1.165, 1.54) is 25.7 Å². The third-order valence-electron chi connectivity index (χ3n) is 4.03. The van der Waals surface area contributed by atoms with E-state index in [4.69, 9.17) is 0 Å². The zero-order valence-electron chi connectivity index (χ0n) is 14.7. The molecule has 0 bridgehead atoms. The molecule has 1 rings (SSSR count). The van der Waals surface area contributed by atoms with Gasteiger partial charge in [0, 0.05) is 18.6 Å². The van der Waals surface area contributed by atoms with Crippen LogP contribution in [0.3, 0.4) is 0 Å². The van der Waals surface area contributed by atoms with Gasteiger partial charge in [-0.1, -0.05) is 13.3 Å². The lowest BCUT2D eigenvalue weighted by molar-refractivity contribution is -0.121. The molecule has 0 aromatic rings. The van der Waals surface area contributed by atoms with Gasteiger partial charge in [0.2, 0.25) is 5.91 Å². The maximum absolute atomic E-state index is 11.8. The molecule has 1 fully saturated rings. The van der Waals surface area contributed by atoms with Crippen molar-refractivity contribution in [2.24, 2.45) is 10.4 Å². The minimum atomic E-state index is -0.212. The average Bonchev–Trinajstić information content (AvgIpc) is 2.32. The van der Waals surface area contributed by atoms with Crippen molar-refractivity contribution in [2.75, 3.05) is 19.6 Å². The van der Waals surface area contributed by atoms with Gasteiger partial charge in [-0.3, -0.25) is 4.79 Å². The van der Waals surface area contributed by atoms with E-state index in [1.807, 2.05) is 27.7 Å². The first-order valence-electron chi connectivity index (χ1n) is 8.13. The SMILES string of the molecule is CCNC(=NCC(=O)NC(C)(C)C)NCC1(CC)CCC1.I. The van der Waals surface area contributed by atoms with Crippen LogP contribution in [0.2, 0.25) is 0 Å². The lowest BCUT2D eigenvalue weighted by Gasteiger charge is -2.41. The second-order valence-electron chi connectivity index (χ2n) is 7.05. The summed E-state index contributed by atoms with van der Waals surface area (Å²) in [5.41, 5.74) is 0.223. The number of carbonyl (C=O) groups is 1. The smallest absolute Gasteiger partial charge is 0.242 e. The van der Waals surface area contributed by atoms with Crippen LogP contribution in [0.15, 0.2) is 4.99 Å². The first-order valence-corrected chi connectivity index (χ1v) is 8.13. The molecule has 0 aromatic heterocycles. The van der Waals surface area contributed by atoms with Crippen LogP contribution in [-0.4, -0.2) is 37.0 Å². The number of guanidine groups is 1. The van der Waals surface area contributed by atoms with E-state index in [0.29, 0.717) is 5.41 Å². The summed E-state index contributed by atoms with van der Waals surface area (Å²) < 4.78 is 0. The molecule has 130 valence electrons. The molecule has 1 saturated carbocycles. The molecule has 1 amide bonds. The predicted octanol–water partition coefficient (Wildman–Crippen LogP) is 2.65. The van der Waals surface area contributed by atoms with Crippen LogP contribution in [0.25, 0.3) is 0 Å². The Bertz CT molecular complexity index is 367. The van der Waals surface area contributed by atoms with Crippen LogP contribution in [0.5, 0.6) is 0 Å². The summed E-state index contributed by atoms with van der Waals surface area (Å²) in [6, 6.07) is 0. The lowest BCUT2D eigenvalue weighted by Crippen LogP contribution is -2.47. The van der Waals surface area contributed by atoms with Gasteiger partial charge in [0.15, 0.2) is 5.96 Å². The zero-order chi connectivity index (χ0) is 15.9. The van der Waals surface area contributed by atoms with E-state index in [0.717, 1.165) is 19.0 Å². The summed E-state index contributed by atoms with van der Waals surface area (Å²) in [4.78, 5) is 16.2. The van der Waals surface area contributed by atoms with Gasteiger partial charge in [-0.2, -0.15) is 0 Å². The second kappa shape index (κ2) is 9.57. The van der Waals surface area contributed by atoms with Gasteiger partial charge >= 0.3 is 0 Å². The first-order chi connectivity index (χ1) is 9.80. The molecule has 0 radical (unpaired) electrons. The Kier molecular flexibility index (Phi) is 9.34. The normalized spacial score (nSPS) is 17.0. The molecule has 6 heteroatoms. The molecule has 0 unspecified atom stereocenters. The van der Waals surface area contributed by atoms with E-state index in [1.54, 1.807) is 0 Å². The minimum Gasteiger partial charge on any atom is -0.357 e. The summed E-state index contributed by atoms with van der Waals surface area (Å²) in [6.07, 6.45) is 5.11. The molecular weight excluding hydrogens is 391 g/mol. The molecule has 1 aliphatic carbocycles. The summed E-state index contributed by atoms with van der Waals surface area (Å²) in [5.74, 6) is 0.690. The number of halogens is 1. The standard InChI is InChI=1S/C16H32N4O.HI/c1-6-16(9-8-10-16)12-19-14(17-7-2)18-11-13(21)20-15(3,4)5;/h6-12H2,1-5H3,(H,20,21)(H2,17,18,19);1H. The number of aliphatic imine (C=N–C) groups is 1. The van der Waals surface area contributed by atoms with Crippen molar-refractivity contribution >= 4 is 35.8 Å². The van der Waals surface area contributed by atoms with Gasteiger partial charge in [0.05, 0.1) is 0 Å². The quantitative estimate of drug-likeness (QED) is 0.349. The summed E-state index contributed by atoms with van der Waals surface area (Å²) in [6.45, 7) is 12.1. The van der Waals surface area contributed by atoms with Crippen LogP contribution >= 0.6 is 24.0 Å². The number of rotatable bonds is 6. The number of hydrogen-bond acceptors (Lipinski definition) is 2. The van der Waals surface area contributed by atoms with Crippen molar-refractivity contribution in [3.63, 3.8) is 0 Å². The van der Waals surface area contributed by atoms with Crippen LogP contribution in [0.4, 0.5) is 0 Å². The lowest BCUT2D eigenvalue weighted by atomic mass is 9.67. The highest BCUT2D eigenvalue weighted by molar-refractivity contribution is 14.0. The van der Waals surface area contributed by atoms with Crippen molar-refractivity contribution in [3.05, 3.63) is 0 Å². The number of hydrogen-bond donors (Lipinski definition) is 3. The minimum absolute atomic E-state index is 0. The van der Waals surface area contributed by atoms with Crippen LogP contribution < -0.4 is 16.0 Å². The molecule has 0 atom stereocenters. The van der Waals surface area contributed by atoms with Crippen molar-refractivity contribution in [1.82, 2.24) is 16.0 Å². The fraction of sp³-hybridized carbons (Fsp3) is 0.875. The molecule has 0 heterocycles. The molecule has 22 heavy (non-hydrogen) atoms. The van der Waals surface area contributed by atoms with E-state index in [-0.39, 0.29) is 42.0 Å². The zero-order valence-corrected chi connectivity index (χ0v) is 17.0. The fourth-order valence-corrected chi connectivity index (χ4v) is 2.55. The molecule has 0 spiro atoms. The number of carbonyl (C=O) groups excluding carboxylic acids is 1. The second-order valence-corrected chi connectivity index (χ2v) is 7.05. The van der Waals surface area contributed by atoms with E-state index in [9.17, 15) is 4.79 Å². The third-order valence-corrected chi connectivity index (χ3v) is 4.03. The summed E-state index contributed by atoms with van der Waals surface area (Å²) in [5, 5.41) is 9.52. The third kappa shape index (κ3) is 7.65. The van der Waals surface area contributed by atoms with Crippen molar-refractivity contribution in [3.8, 4) is 0 Å². The molecule has 0 aliphatic heterocycles. The van der Waals surface area contributed by atoms with Gasteiger partial charge < -0.3 is 16.0 Å². The van der Waals surface area contributed by atoms with Crippen LogP contribution in [0.1, 0.15) is 60.3 Å². The highest BCUT2D eigenvalue weighted by atomic mass is 127. The summed E-state index contributed by atoms with van der Waals surface area (Å²) >= 11 is 0. The molecule has 0 saturated heterocycles. The van der Waals surface area contributed by atoms with Gasteiger partial charge in [-0.25, -0.2) is 4.99 Å². The summed E-state index contributed by atoms with van der Waals surface area (Å²) in [7, 11) is 0. The van der Waals surface area contributed by atoms with Crippen LogP contribution in [-0.2, 0) is 4.79 Å². The maximum Gasteiger partial charge on any atom is 0.242 e. The largest absolute Gasteiger partial charge is 0.357 e. The Morgan fingerprint density at radius 1 is 1.18 bits per heavy atom.